The van der Waals surface area contributed by atoms with Crippen LogP contribution >= 0.6 is 0 Å². The molecule has 2 aromatic heterocycles. The second-order valence-electron chi connectivity index (χ2n) is 8.13. The van der Waals surface area contributed by atoms with Crippen molar-refractivity contribution >= 4 is 17.7 Å². The SMILES string of the molecule is CCn1cc(Cn2cc(NC(=O)/C=C/c3ccc(OC)c(COc4ccc(C)cc4)c3)cn2)cn1. The van der Waals surface area contributed by atoms with Gasteiger partial charge in [0.15, 0.2) is 0 Å². The second-order valence-corrected chi connectivity index (χ2v) is 8.13. The van der Waals surface area contributed by atoms with Gasteiger partial charge in [-0.1, -0.05) is 23.8 Å². The van der Waals surface area contributed by atoms with Crippen LogP contribution in [0.5, 0.6) is 11.5 Å². The van der Waals surface area contributed by atoms with Gasteiger partial charge >= 0.3 is 0 Å². The van der Waals surface area contributed by atoms with E-state index in [0.717, 1.165) is 34.7 Å². The average molecular weight is 472 g/mol. The molecule has 0 aliphatic carbocycles. The summed E-state index contributed by atoms with van der Waals surface area (Å²) >= 11 is 0. The van der Waals surface area contributed by atoms with Crippen LogP contribution in [0.25, 0.3) is 6.08 Å². The first-order valence-corrected chi connectivity index (χ1v) is 11.4. The molecule has 0 bridgehead atoms. The van der Waals surface area contributed by atoms with Crippen LogP contribution in [0, 0.1) is 6.92 Å². The molecule has 0 atom stereocenters. The number of hydrogen-bond donors (Lipinski definition) is 1. The zero-order chi connectivity index (χ0) is 24.6. The van der Waals surface area contributed by atoms with E-state index in [1.807, 2.05) is 73.4 Å². The molecule has 4 aromatic rings. The van der Waals surface area contributed by atoms with Gasteiger partial charge in [0.25, 0.3) is 0 Å². The molecule has 8 nitrogen and oxygen atoms in total. The van der Waals surface area contributed by atoms with Crippen molar-refractivity contribution in [3.8, 4) is 11.5 Å². The average Bonchev–Trinajstić information content (AvgIpc) is 3.51. The summed E-state index contributed by atoms with van der Waals surface area (Å²) in [5.74, 6) is 1.28. The molecular weight excluding hydrogens is 442 g/mol. The highest BCUT2D eigenvalue weighted by Gasteiger charge is 2.07. The minimum Gasteiger partial charge on any atom is -0.496 e. The number of hydrogen-bond acceptors (Lipinski definition) is 5. The number of carbonyl (C=O) groups excluding carboxylic acids is 1. The number of aryl methyl sites for hydroxylation is 2. The summed E-state index contributed by atoms with van der Waals surface area (Å²) in [6.45, 7) is 5.84. The molecule has 2 aromatic carbocycles. The summed E-state index contributed by atoms with van der Waals surface area (Å²) in [5, 5.41) is 11.4. The molecule has 0 saturated heterocycles. The number of aromatic nitrogens is 4. The quantitative estimate of drug-likeness (QED) is 0.339. The van der Waals surface area contributed by atoms with Gasteiger partial charge in [0.1, 0.15) is 18.1 Å². The third-order valence-electron chi connectivity index (χ3n) is 5.40. The minimum atomic E-state index is -0.239. The molecule has 35 heavy (non-hydrogen) atoms. The van der Waals surface area contributed by atoms with Crippen LogP contribution in [-0.4, -0.2) is 32.6 Å². The fraction of sp³-hybridized carbons (Fsp3) is 0.222. The lowest BCUT2D eigenvalue weighted by Crippen LogP contribution is -2.07. The molecule has 2 heterocycles. The lowest BCUT2D eigenvalue weighted by molar-refractivity contribution is -0.111. The van der Waals surface area contributed by atoms with Crippen molar-refractivity contribution in [2.75, 3.05) is 12.4 Å². The van der Waals surface area contributed by atoms with Crippen LogP contribution in [0.15, 0.2) is 73.3 Å². The third-order valence-corrected chi connectivity index (χ3v) is 5.40. The fourth-order valence-electron chi connectivity index (χ4n) is 3.53. The standard InChI is InChI=1S/C27H29N5O3/c1-4-31-16-22(14-28-31)17-32-18-24(15-29-32)30-27(33)12-8-21-7-11-26(34-3)23(13-21)19-35-25-9-5-20(2)6-10-25/h5-16,18H,4,17,19H2,1-3H3,(H,30,33)/b12-8+. The summed E-state index contributed by atoms with van der Waals surface area (Å²) in [5.41, 5.74) is 4.62. The molecule has 0 aliphatic rings. The Morgan fingerprint density at radius 3 is 2.60 bits per heavy atom. The Bertz CT molecular complexity index is 1300. The summed E-state index contributed by atoms with van der Waals surface area (Å²) in [4.78, 5) is 12.4. The van der Waals surface area contributed by atoms with Gasteiger partial charge < -0.3 is 14.8 Å². The molecule has 0 radical (unpaired) electrons. The molecule has 0 spiro atoms. The largest absolute Gasteiger partial charge is 0.496 e. The minimum absolute atomic E-state index is 0.239. The van der Waals surface area contributed by atoms with Crippen molar-refractivity contribution in [2.24, 2.45) is 0 Å². The maximum absolute atomic E-state index is 12.4. The van der Waals surface area contributed by atoms with Gasteiger partial charge in [0, 0.05) is 36.1 Å². The number of anilines is 1. The number of amides is 1. The molecule has 1 amide bonds. The Labute approximate surface area is 204 Å². The monoisotopic (exact) mass is 471 g/mol. The Morgan fingerprint density at radius 2 is 1.86 bits per heavy atom. The van der Waals surface area contributed by atoms with E-state index in [2.05, 4.69) is 15.5 Å². The normalized spacial score (nSPS) is 11.1. The topological polar surface area (TPSA) is 83.2 Å². The van der Waals surface area contributed by atoms with E-state index in [4.69, 9.17) is 9.47 Å². The van der Waals surface area contributed by atoms with E-state index in [9.17, 15) is 4.79 Å². The highest BCUT2D eigenvalue weighted by molar-refractivity contribution is 6.01. The van der Waals surface area contributed by atoms with Crippen LogP contribution in [0.3, 0.4) is 0 Å². The number of rotatable bonds is 10. The zero-order valence-electron chi connectivity index (χ0n) is 20.1. The first kappa shape index (κ1) is 23.8. The van der Waals surface area contributed by atoms with Crippen LogP contribution < -0.4 is 14.8 Å². The van der Waals surface area contributed by atoms with Crippen LogP contribution in [0.4, 0.5) is 5.69 Å². The molecular formula is C27H29N5O3. The summed E-state index contributed by atoms with van der Waals surface area (Å²) in [6.07, 6.45) is 10.5. The van der Waals surface area contributed by atoms with E-state index >= 15 is 0 Å². The molecule has 1 N–H and O–H groups in total. The van der Waals surface area contributed by atoms with E-state index in [0.29, 0.717) is 18.8 Å². The molecule has 4 rings (SSSR count). The van der Waals surface area contributed by atoms with Gasteiger partial charge in [-0.05, 0) is 49.8 Å². The Morgan fingerprint density at radius 1 is 1.06 bits per heavy atom. The molecule has 0 unspecified atom stereocenters. The number of ether oxygens (including phenoxy) is 2. The number of benzene rings is 2. The lowest BCUT2D eigenvalue weighted by atomic mass is 10.1. The molecule has 0 aliphatic heterocycles. The fourth-order valence-corrected chi connectivity index (χ4v) is 3.53. The number of nitrogens with zero attached hydrogens (tertiary/aromatic N) is 4. The number of nitrogens with one attached hydrogen (secondary N) is 1. The highest BCUT2D eigenvalue weighted by atomic mass is 16.5. The van der Waals surface area contributed by atoms with Crippen molar-refractivity contribution in [3.63, 3.8) is 0 Å². The first-order valence-electron chi connectivity index (χ1n) is 11.4. The summed E-state index contributed by atoms with van der Waals surface area (Å²) in [6, 6.07) is 13.6. The molecule has 0 fully saturated rings. The predicted octanol–water partition coefficient (Wildman–Crippen LogP) is 4.70. The van der Waals surface area contributed by atoms with Gasteiger partial charge in [-0.25, -0.2) is 0 Å². The van der Waals surface area contributed by atoms with Crippen molar-refractivity contribution in [1.82, 2.24) is 19.6 Å². The zero-order valence-corrected chi connectivity index (χ0v) is 20.1. The molecule has 8 heteroatoms. The molecule has 0 saturated carbocycles. The number of carbonyl (C=O) groups is 1. The number of methoxy groups -OCH3 is 1. The first-order chi connectivity index (χ1) is 17.0. The van der Waals surface area contributed by atoms with Crippen LogP contribution in [0.1, 0.15) is 29.2 Å². The Hall–Kier alpha value is -4.33. The maximum Gasteiger partial charge on any atom is 0.248 e. The predicted molar refractivity (Wildman–Crippen MR) is 135 cm³/mol. The summed E-state index contributed by atoms with van der Waals surface area (Å²) in [7, 11) is 1.63. The van der Waals surface area contributed by atoms with Gasteiger partial charge in [-0.3, -0.25) is 14.2 Å². The second kappa shape index (κ2) is 11.2. The maximum atomic E-state index is 12.4. The Kier molecular flexibility index (Phi) is 7.62. The van der Waals surface area contributed by atoms with Crippen molar-refractivity contribution in [3.05, 3.63) is 95.6 Å². The third kappa shape index (κ3) is 6.60. The van der Waals surface area contributed by atoms with Crippen molar-refractivity contribution in [1.29, 1.82) is 0 Å². The lowest BCUT2D eigenvalue weighted by Gasteiger charge is -2.11. The smallest absolute Gasteiger partial charge is 0.248 e. The highest BCUT2D eigenvalue weighted by Crippen LogP contribution is 2.23. The van der Waals surface area contributed by atoms with Crippen LogP contribution in [-0.2, 0) is 24.5 Å². The van der Waals surface area contributed by atoms with Crippen molar-refractivity contribution in [2.45, 2.75) is 33.5 Å². The summed E-state index contributed by atoms with van der Waals surface area (Å²) < 4.78 is 15.0. The Balaban J connectivity index is 1.35. The van der Waals surface area contributed by atoms with Crippen LogP contribution in [0.2, 0.25) is 0 Å². The van der Waals surface area contributed by atoms with Gasteiger partial charge in [0.2, 0.25) is 5.91 Å². The van der Waals surface area contributed by atoms with E-state index < -0.39 is 0 Å². The van der Waals surface area contributed by atoms with Crippen molar-refractivity contribution < 1.29 is 14.3 Å². The van der Waals surface area contributed by atoms with Gasteiger partial charge in [-0.2, -0.15) is 10.2 Å². The van der Waals surface area contributed by atoms with E-state index in [1.54, 1.807) is 30.3 Å². The van der Waals surface area contributed by atoms with Gasteiger partial charge in [0.05, 0.1) is 31.7 Å². The van der Waals surface area contributed by atoms with Gasteiger partial charge in [-0.15, -0.1) is 0 Å². The van der Waals surface area contributed by atoms with E-state index in [-0.39, 0.29) is 5.91 Å². The van der Waals surface area contributed by atoms with E-state index in [1.165, 1.54) is 11.6 Å². The molecule has 180 valence electrons.